The molecule has 116 valence electrons. The maximum Gasteiger partial charge on any atom is 0.168 e. The largest absolute Gasteiger partial charge is 0.511 e. The van der Waals surface area contributed by atoms with Crippen LogP contribution in [0.5, 0.6) is 5.75 Å². The van der Waals surface area contributed by atoms with Gasteiger partial charge in [-0.15, -0.1) is 0 Å². The molecule has 0 saturated carbocycles. The number of aliphatic hydroxyl groups excluding tert-OH is 1. The molecule has 1 aliphatic carbocycles. The maximum atomic E-state index is 12.1. The van der Waals surface area contributed by atoms with Crippen molar-refractivity contribution in [3.05, 3.63) is 48.3 Å². The molecule has 0 fully saturated rings. The van der Waals surface area contributed by atoms with Crippen molar-refractivity contribution in [1.29, 1.82) is 0 Å². The summed E-state index contributed by atoms with van der Waals surface area (Å²) >= 11 is 0. The van der Waals surface area contributed by atoms with E-state index in [9.17, 15) is 9.90 Å². The lowest BCUT2D eigenvalue weighted by atomic mass is 9.77. The average molecular weight is 299 g/mol. The molecule has 1 N–H and O–H groups in total. The van der Waals surface area contributed by atoms with Gasteiger partial charge in [-0.2, -0.15) is 0 Å². The molecule has 0 bridgehead atoms. The highest BCUT2D eigenvalue weighted by Gasteiger charge is 2.32. The quantitative estimate of drug-likeness (QED) is 0.656. The normalized spacial score (nSPS) is 17.8. The number of rotatable bonds is 5. The van der Waals surface area contributed by atoms with E-state index >= 15 is 0 Å². The SMILES string of the molecule is C=CCOc1cccc(N=CC2=C(O)CC(C)(C)CC2=O)c1. The number of aliphatic hydroxyl groups is 1. The third kappa shape index (κ3) is 4.07. The van der Waals surface area contributed by atoms with Crippen LogP contribution < -0.4 is 4.74 Å². The molecular weight excluding hydrogens is 278 g/mol. The summed E-state index contributed by atoms with van der Waals surface area (Å²) in [7, 11) is 0. The van der Waals surface area contributed by atoms with Crippen LogP contribution in [0.3, 0.4) is 0 Å². The first kappa shape index (κ1) is 16.0. The Hall–Kier alpha value is -2.36. The van der Waals surface area contributed by atoms with Crippen LogP contribution in [-0.2, 0) is 4.79 Å². The molecule has 1 aromatic rings. The van der Waals surface area contributed by atoms with E-state index in [1.807, 2.05) is 32.0 Å². The zero-order chi connectivity index (χ0) is 16.2. The molecule has 4 nitrogen and oxygen atoms in total. The molecule has 2 rings (SSSR count). The van der Waals surface area contributed by atoms with Crippen molar-refractivity contribution in [2.24, 2.45) is 10.4 Å². The number of ketones is 1. The number of carbonyl (C=O) groups excluding carboxylic acids is 1. The van der Waals surface area contributed by atoms with Crippen LogP contribution in [0, 0.1) is 5.41 Å². The number of hydrogen-bond donors (Lipinski definition) is 1. The highest BCUT2D eigenvalue weighted by atomic mass is 16.5. The second kappa shape index (κ2) is 6.60. The summed E-state index contributed by atoms with van der Waals surface area (Å²) in [5.41, 5.74) is 0.771. The van der Waals surface area contributed by atoms with Gasteiger partial charge in [-0.05, 0) is 17.5 Å². The third-order valence-corrected chi connectivity index (χ3v) is 3.42. The van der Waals surface area contributed by atoms with Crippen molar-refractivity contribution >= 4 is 17.7 Å². The molecule has 4 heteroatoms. The Balaban J connectivity index is 2.18. The summed E-state index contributed by atoms with van der Waals surface area (Å²) in [6.07, 6.45) is 4.02. The van der Waals surface area contributed by atoms with E-state index in [1.165, 1.54) is 6.21 Å². The third-order valence-electron chi connectivity index (χ3n) is 3.42. The fourth-order valence-corrected chi connectivity index (χ4v) is 2.40. The van der Waals surface area contributed by atoms with Gasteiger partial charge in [0, 0.05) is 25.1 Å². The number of allylic oxidation sites excluding steroid dienone is 2. The molecule has 0 amide bonds. The number of hydrogen-bond acceptors (Lipinski definition) is 4. The molecule has 22 heavy (non-hydrogen) atoms. The molecule has 1 aromatic carbocycles. The van der Waals surface area contributed by atoms with Gasteiger partial charge in [-0.3, -0.25) is 9.79 Å². The minimum Gasteiger partial charge on any atom is -0.511 e. The van der Waals surface area contributed by atoms with E-state index in [2.05, 4.69) is 11.6 Å². The van der Waals surface area contributed by atoms with Crippen LogP contribution >= 0.6 is 0 Å². The molecule has 0 radical (unpaired) electrons. The van der Waals surface area contributed by atoms with E-state index in [0.29, 0.717) is 36.5 Å². The van der Waals surface area contributed by atoms with Crippen molar-refractivity contribution in [2.45, 2.75) is 26.7 Å². The highest BCUT2D eigenvalue weighted by molar-refractivity contribution is 6.14. The Bertz CT molecular complexity index is 641. The number of ether oxygens (including phenoxy) is 1. The molecule has 0 saturated heterocycles. The van der Waals surface area contributed by atoms with Crippen LogP contribution in [0.2, 0.25) is 0 Å². The fourth-order valence-electron chi connectivity index (χ4n) is 2.40. The number of Topliss-reactive ketones (excluding diaryl/α,β-unsaturated/α-hetero) is 1. The van der Waals surface area contributed by atoms with Crippen LogP contribution in [0.15, 0.2) is 53.2 Å². The average Bonchev–Trinajstić information content (AvgIpc) is 2.43. The smallest absolute Gasteiger partial charge is 0.168 e. The van der Waals surface area contributed by atoms with Crippen LogP contribution in [0.4, 0.5) is 5.69 Å². The van der Waals surface area contributed by atoms with E-state index in [4.69, 9.17) is 4.74 Å². The molecule has 0 aromatic heterocycles. The van der Waals surface area contributed by atoms with Crippen molar-refractivity contribution in [1.82, 2.24) is 0 Å². The lowest BCUT2D eigenvalue weighted by molar-refractivity contribution is -0.117. The van der Waals surface area contributed by atoms with Gasteiger partial charge in [-0.25, -0.2) is 0 Å². The minimum absolute atomic E-state index is 0.0726. The molecule has 0 heterocycles. The first-order chi connectivity index (χ1) is 10.4. The predicted molar refractivity (Wildman–Crippen MR) is 88.0 cm³/mol. The van der Waals surface area contributed by atoms with Crippen LogP contribution in [-0.4, -0.2) is 23.7 Å². The second-order valence-electron chi connectivity index (χ2n) is 6.16. The zero-order valence-corrected chi connectivity index (χ0v) is 13.0. The lowest BCUT2D eigenvalue weighted by Crippen LogP contribution is -2.26. The molecule has 0 unspecified atom stereocenters. The van der Waals surface area contributed by atoms with Gasteiger partial charge >= 0.3 is 0 Å². The monoisotopic (exact) mass is 299 g/mol. The second-order valence-corrected chi connectivity index (χ2v) is 6.16. The van der Waals surface area contributed by atoms with Gasteiger partial charge in [0.25, 0.3) is 0 Å². The first-order valence-electron chi connectivity index (χ1n) is 7.24. The summed E-state index contributed by atoms with van der Waals surface area (Å²) in [4.78, 5) is 16.4. The summed E-state index contributed by atoms with van der Waals surface area (Å²) in [6, 6.07) is 7.24. The van der Waals surface area contributed by atoms with Gasteiger partial charge in [-0.1, -0.05) is 32.6 Å². The van der Waals surface area contributed by atoms with Gasteiger partial charge in [0.2, 0.25) is 0 Å². The van der Waals surface area contributed by atoms with E-state index in [0.717, 1.165) is 0 Å². The number of aliphatic imine (C=N–C) groups is 1. The molecular formula is C18H21NO3. The van der Waals surface area contributed by atoms with Crippen molar-refractivity contribution in [3.8, 4) is 5.75 Å². The van der Waals surface area contributed by atoms with Gasteiger partial charge < -0.3 is 9.84 Å². The lowest BCUT2D eigenvalue weighted by Gasteiger charge is -2.28. The predicted octanol–water partition coefficient (Wildman–Crippen LogP) is 4.15. The Labute approximate surface area is 130 Å². The summed E-state index contributed by atoms with van der Waals surface area (Å²) in [5, 5.41) is 10.1. The highest BCUT2D eigenvalue weighted by Crippen LogP contribution is 2.35. The van der Waals surface area contributed by atoms with Crippen LogP contribution in [0.25, 0.3) is 0 Å². The topological polar surface area (TPSA) is 58.9 Å². The van der Waals surface area contributed by atoms with Crippen molar-refractivity contribution in [2.75, 3.05) is 6.61 Å². The summed E-state index contributed by atoms with van der Waals surface area (Å²) in [6.45, 7) is 7.96. The molecule has 0 spiro atoms. The maximum absolute atomic E-state index is 12.1. The van der Waals surface area contributed by atoms with E-state index in [1.54, 1.807) is 12.1 Å². The number of benzene rings is 1. The Kier molecular flexibility index (Phi) is 4.81. The standard InChI is InChI=1S/C18H21NO3/c1-4-8-22-14-7-5-6-13(9-14)19-12-15-16(20)10-18(2,3)11-17(15)21/h4-7,9,12,20H,1,8,10-11H2,2-3H3. The van der Waals surface area contributed by atoms with Gasteiger partial charge in [0.1, 0.15) is 18.1 Å². The fraction of sp³-hybridized carbons (Fsp3) is 0.333. The number of carbonyl (C=O) groups is 1. The van der Waals surface area contributed by atoms with Gasteiger partial charge in [0.05, 0.1) is 11.3 Å². The summed E-state index contributed by atoms with van der Waals surface area (Å²) < 4.78 is 5.44. The number of nitrogens with zero attached hydrogens (tertiary/aromatic N) is 1. The van der Waals surface area contributed by atoms with Crippen molar-refractivity contribution < 1.29 is 14.6 Å². The first-order valence-corrected chi connectivity index (χ1v) is 7.24. The molecule has 1 aliphatic rings. The Morgan fingerprint density at radius 1 is 1.41 bits per heavy atom. The van der Waals surface area contributed by atoms with Gasteiger partial charge in [0.15, 0.2) is 5.78 Å². The Morgan fingerprint density at radius 3 is 2.86 bits per heavy atom. The molecule has 0 aliphatic heterocycles. The minimum atomic E-state index is -0.197. The van der Waals surface area contributed by atoms with Crippen LogP contribution in [0.1, 0.15) is 26.7 Å². The van der Waals surface area contributed by atoms with E-state index < -0.39 is 0 Å². The zero-order valence-electron chi connectivity index (χ0n) is 13.0. The van der Waals surface area contributed by atoms with Crippen molar-refractivity contribution in [3.63, 3.8) is 0 Å². The van der Waals surface area contributed by atoms with E-state index in [-0.39, 0.29) is 17.0 Å². The molecule has 0 atom stereocenters. The Morgan fingerprint density at radius 2 is 2.18 bits per heavy atom. The summed E-state index contributed by atoms with van der Waals surface area (Å²) in [5.74, 6) is 0.726.